The molecule has 0 aliphatic rings. The summed E-state index contributed by atoms with van der Waals surface area (Å²) in [7, 11) is 0. The zero-order chi connectivity index (χ0) is 17.8. The van der Waals surface area contributed by atoms with Crippen LogP contribution in [0.2, 0.25) is 0 Å². The Kier molecular flexibility index (Phi) is 5.71. The van der Waals surface area contributed by atoms with Crippen LogP contribution < -0.4 is 10.2 Å². The van der Waals surface area contributed by atoms with Crippen LogP contribution in [0.5, 0.6) is 0 Å². The number of likely N-dealkylation sites (N-methyl/N-ethyl adjacent to an activating group) is 1. The summed E-state index contributed by atoms with van der Waals surface area (Å²) in [6.45, 7) is 13.1. The Balaban J connectivity index is 1.96. The van der Waals surface area contributed by atoms with Crippen LogP contribution in [0.4, 0.5) is 5.82 Å². The molecule has 0 fully saturated rings. The summed E-state index contributed by atoms with van der Waals surface area (Å²) in [4.78, 5) is 7.56. The first-order chi connectivity index (χ1) is 12.2. The van der Waals surface area contributed by atoms with Crippen LogP contribution in [0.1, 0.15) is 32.0 Å². The van der Waals surface area contributed by atoms with Gasteiger partial charge in [0.15, 0.2) is 5.65 Å². The number of rotatable bonds is 8. The fourth-order valence-electron chi connectivity index (χ4n) is 3.26. The molecule has 6 heteroatoms. The molecule has 0 spiro atoms. The lowest BCUT2D eigenvalue weighted by atomic mass is 10.1. The van der Waals surface area contributed by atoms with E-state index in [9.17, 15) is 0 Å². The van der Waals surface area contributed by atoms with E-state index in [1.54, 1.807) is 16.2 Å². The number of anilines is 1. The summed E-state index contributed by atoms with van der Waals surface area (Å²) >= 11 is 1.71. The number of nitrogens with one attached hydrogen (secondary N) is 2. The first kappa shape index (κ1) is 17.9. The SMILES string of the molecule is CCc1c(C)nc2cc(-c3cccs3)nn2c1NCC[NH+](CC)CC. The van der Waals surface area contributed by atoms with Crippen LogP contribution in [-0.2, 0) is 6.42 Å². The van der Waals surface area contributed by atoms with E-state index >= 15 is 0 Å². The van der Waals surface area contributed by atoms with Crippen molar-refractivity contribution in [3.05, 3.63) is 34.8 Å². The Morgan fingerprint density at radius 1 is 1.24 bits per heavy atom. The minimum absolute atomic E-state index is 0.913. The second kappa shape index (κ2) is 7.97. The first-order valence-electron chi connectivity index (χ1n) is 9.18. The van der Waals surface area contributed by atoms with Gasteiger partial charge in [-0.3, -0.25) is 0 Å². The fourth-order valence-corrected chi connectivity index (χ4v) is 3.95. The van der Waals surface area contributed by atoms with E-state index in [1.165, 1.54) is 10.4 Å². The lowest BCUT2D eigenvalue weighted by Gasteiger charge is -2.18. The second-order valence-corrected chi connectivity index (χ2v) is 7.24. The van der Waals surface area contributed by atoms with E-state index in [1.807, 2.05) is 4.52 Å². The molecule has 0 radical (unpaired) electrons. The zero-order valence-corrected chi connectivity index (χ0v) is 16.4. The predicted molar refractivity (Wildman–Crippen MR) is 106 cm³/mol. The Bertz CT molecular complexity index is 818. The quantitative estimate of drug-likeness (QED) is 0.651. The number of fused-ring (bicyclic) bond motifs is 1. The molecule has 0 aromatic carbocycles. The summed E-state index contributed by atoms with van der Waals surface area (Å²) < 4.78 is 1.98. The Hall–Kier alpha value is -1.92. The minimum Gasteiger partial charge on any atom is -0.364 e. The van der Waals surface area contributed by atoms with Gasteiger partial charge in [0.25, 0.3) is 0 Å². The minimum atomic E-state index is 0.913. The monoisotopic (exact) mass is 358 g/mol. The molecule has 3 aromatic rings. The molecule has 0 saturated carbocycles. The van der Waals surface area contributed by atoms with Gasteiger partial charge in [-0.05, 0) is 38.6 Å². The van der Waals surface area contributed by atoms with Gasteiger partial charge >= 0.3 is 0 Å². The number of hydrogen-bond donors (Lipinski definition) is 2. The van der Waals surface area contributed by atoms with Crippen LogP contribution in [0.25, 0.3) is 16.2 Å². The molecule has 2 N–H and O–H groups in total. The smallest absolute Gasteiger partial charge is 0.158 e. The van der Waals surface area contributed by atoms with E-state index < -0.39 is 0 Å². The molecule has 0 aliphatic heterocycles. The molecule has 0 amide bonds. The average Bonchev–Trinajstić information content (AvgIpc) is 3.27. The van der Waals surface area contributed by atoms with Crippen molar-refractivity contribution in [1.29, 1.82) is 0 Å². The number of nitrogens with zero attached hydrogens (tertiary/aromatic N) is 3. The molecule has 3 rings (SSSR count). The van der Waals surface area contributed by atoms with Gasteiger partial charge in [-0.1, -0.05) is 13.0 Å². The van der Waals surface area contributed by atoms with Gasteiger partial charge in [-0.25, -0.2) is 4.98 Å². The summed E-state index contributed by atoms with van der Waals surface area (Å²) in [6.07, 6.45) is 0.948. The van der Waals surface area contributed by atoms with Crippen molar-refractivity contribution >= 4 is 22.8 Å². The van der Waals surface area contributed by atoms with Crippen molar-refractivity contribution in [2.75, 3.05) is 31.5 Å². The number of aromatic nitrogens is 3. The van der Waals surface area contributed by atoms with E-state index in [0.29, 0.717) is 0 Å². The van der Waals surface area contributed by atoms with Crippen molar-refractivity contribution in [3.8, 4) is 10.6 Å². The molecule has 3 heterocycles. The highest BCUT2D eigenvalue weighted by Gasteiger charge is 2.15. The Morgan fingerprint density at radius 3 is 2.68 bits per heavy atom. The van der Waals surface area contributed by atoms with E-state index in [2.05, 4.69) is 56.6 Å². The fraction of sp³-hybridized carbons (Fsp3) is 0.474. The van der Waals surface area contributed by atoms with Crippen LogP contribution in [0.3, 0.4) is 0 Å². The van der Waals surface area contributed by atoms with Gasteiger partial charge in [0, 0.05) is 17.3 Å². The third-order valence-electron chi connectivity index (χ3n) is 4.81. The molecule has 5 nitrogen and oxygen atoms in total. The Morgan fingerprint density at radius 2 is 2.04 bits per heavy atom. The molecular formula is C19H28N5S+. The van der Waals surface area contributed by atoms with Gasteiger partial charge in [-0.2, -0.15) is 9.61 Å². The van der Waals surface area contributed by atoms with Crippen LogP contribution >= 0.6 is 11.3 Å². The summed E-state index contributed by atoms with van der Waals surface area (Å²) in [5, 5.41) is 10.6. The van der Waals surface area contributed by atoms with E-state index in [4.69, 9.17) is 10.1 Å². The molecule has 0 atom stereocenters. The van der Waals surface area contributed by atoms with Crippen molar-refractivity contribution in [2.45, 2.75) is 34.1 Å². The summed E-state index contributed by atoms with van der Waals surface area (Å²) in [6, 6.07) is 6.25. The lowest BCUT2D eigenvalue weighted by molar-refractivity contribution is -0.894. The molecule has 25 heavy (non-hydrogen) atoms. The zero-order valence-electron chi connectivity index (χ0n) is 15.6. The van der Waals surface area contributed by atoms with Gasteiger partial charge in [-0.15, -0.1) is 11.3 Å². The standard InChI is InChI=1S/C19H27N5S/c1-5-15-14(4)21-18-13-16(17-9-8-12-25-17)22-24(18)19(15)20-10-11-23(6-2)7-3/h8-9,12-13,20H,5-7,10-11H2,1-4H3/p+1. The highest BCUT2D eigenvalue weighted by atomic mass is 32.1. The average molecular weight is 359 g/mol. The second-order valence-electron chi connectivity index (χ2n) is 6.29. The third kappa shape index (κ3) is 3.70. The maximum atomic E-state index is 4.84. The van der Waals surface area contributed by atoms with Crippen molar-refractivity contribution in [2.24, 2.45) is 0 Å². The topological polar surface area (TPSA) is 46.7 Å². The highest BCUT2D eigenvalue weighted by Crippen LogP contribution is 2.27. The number of aryl methyl sites for hydroxylation is 1. The molecule has 134 valence electrons. The van der Waals surface area contributed by atoms with Gasteiger partial charge < -0.3 is 10.2 Å². The normalized spacial score (nSPS) is 11.6. The maximum Gasteiger partial charge on any atom is 0.158 e. The first-order valence-corrected chi connectivity index (χ1v) is 10.1. The maximum absolute atomic E-state index is 4.84. The molecule has 0 saturated heterocycles. The molecule has 0 unspecified atom stereocenters. The van der Waals surface area contributed by atoms with Crippen molar-refractivity contribution < 1.29 is 4.90 Å². The molecule has 0 bridgehead atoms. The van der Waals surface area contributed by atoms with E-state index in [-0.39, 0.29) is 0 Å². The van der Waals surface area contributed by atoms with Crippen LogP contribution in [0.15, 0.2) is 23.6 Å². The predicted octanol–water partition coefficient (Wildman–Crippen LogP) is 2.67. The molecule has 3 aromatic heterocycles. The summed E-state index contributed by atoms with van der Waals surface area (Å²) in [5.41, 5.74) is 4.25. The van der Waals surface area contributed by atoms with Crippen molar-refractivity contribution in [3.63, 3.8) is 0 Å². The number of hydrogen-bond acceptors (Lipinski definition) is 4. The lowest BCUT2D eigenvalue weighted by Crippen LogP contribution is -3.12. The van der Waals surface area contributed by atoms with Crippen LogP contribution in [-0.4, -0.2) is 40.8 Å². The van der Waals surface area contributed by atoms with Gasteiger partial charge in [0.2, 0.25) is 0 Å². The van der Waals surface area contributed by atoms with Crippen LogP contribution in [0, 0.1) is 6.92 Å². The van der Waals surface area contributed by atoms with Crippen molar-refractivity contribution in [1.82, 2.24) is 14.6 Å². The highest BCUT2D eigenvalue weighted by molar-refractivity contribution is 7.13. The van der Waals surface area contributed by atoms with E-state index in [0.717, 1.165) is 55.5 Å². The van der Waals surface area contributed by atoms with Gasteiger partial charge in [0.1, 0.15) is 11.5 Å². The number of quaternary nitrogens is 1. The molecule has 0 aliphatic carbocycles. The van der Waals surface area contributed by atoms with Gasteiger partial charge in [0.05, 0.1) is 31.1 Å². The molecular weight excluding hydrogens is 330 g/mol. The largest absolute Gasteiger partial charge is 0.364 e. The number of thiophene rings is 1. The summed E-state index contributed by atoms with van der Waals surface area (Å²) in [5.74, 6) is 1.10. The Labute approximate surface area is 153 Å². The third-order valence-corrected chi connectivity index (χ3v) is 5.70.